The molecule has 1 aliphatic heterocycles. The second kappa shape index (κ2) is 11.8. The summed E-state index contributed by atoms with van der Waals surface area (Å²) < 4.78 is 38.9. The highest BCUT2D eigenvalue weighted by Crippen LogP contribution is 2.38. The molecular formula is C27H31F2N5O2S. The summed E-state index contributed by atoms with van der Waals surface area (Å²) in [6.07, 6.45) is 6.19. The Morgan fingerprint density at radius 2 is 1.97 bits per heavy atom. The van der Waals surface area contributed by atoms with E-state index >= 15 is 0 Å². The quantitative estimate of drug-likeness (QED) is 0.358. The number of allylic oxidation sites excluding steroid dienone is 1. The van der Waals surface area contributed by atoms with E-state index in [1.54, 1.807) is 32.8 Å². The molecule has 3 N–H and O–H groups in total. The molecule has 0 spiro atoms. The number of rotatable bonds is 9. The Labute approximate surface area is 220 Å². The Hall–Kier alpha value is -3.29. The molecule has 10 heteroatoms. The van der Waals surface area contributed by atoms with E-state index in [9.17, 15) is 8.78 Å². The van der Waals surface area contributed by atoms with Crippen molar-refractivity contribution in [1.29, 1.82) is 0 Å². The van der Waals surface area contributed by atoms with Gasteiger partial charge in [0.25, 0.3) is 6.43 Å². The van der Waals surface area contributed by atoms with E-state index < -0.39 is 12.5 Å². The van der Waals surface area contributed by atoms with Crippen molar-refractivity contribution < 1.29 is 18.3 Å². The normalized spacial score (nSPS) is 17.9. The first-order valence-corrected chi connectivity index (χ1v) is 13.0. The molecule has 7 nitrogen and oxygen atoms in total. The van der Waals surface area contributed by atoms with E-state index in [1.165, 1.54) is 29.8 Å². The minimum atomic E-state index is -2.58. The van der Waals surface area contributed by atoms with E-state index in [0.717, 1.165) is 18.5 Å². The average Bonchev–Trinajstić information content (AvgIpc) is 3.72. The fraction of sp³-hybridized carbons (Fsp3) is 0.407. The van der Waals surface area contributed by atoms with Crippen LogP contribution in [0.4, 0.5) is 14.5 Å². The number of likely N-dealkylation sites (N-methyl/N-ethyl adjacent to an activating group) is 1. The zero-order valence-corrected chi connectivity index (χ0v) is 22.1. The highest BCUT2D eigenvalue weighted by Gasteiger charge is 2.29. The van der Waals surface area contributed by atoms with Crippen LogP contribution in [0.25, 0.3) is 16.8 Å². The van der Waals surface area contributed by atoms with Crippen molar-refractivity contribution >= 4 is 23.0 Å². The molecule has 1 aliphatic carbocycles. The molecule has 0 aromatic carbocycles. The van der Waals surface area contributed by atoms with Crippen LogP contribution in [0.2, 0.25) is 0 Å². The van der Waals surface area contributed by atoms with Gasteiger partial charge in [0.15, 0.2) is 0 Å². The van der Waals surface area contributed by atoms with Crippen LogP contribution in [0.1, 0.15) is 24.1 Å². The molecule has 2 aromatic heterocycles. The van der Waals surface area contributed by atoms with Crippen LogP contribution >= 0.6 is 11.8 Å². The van der Waals surface area contributed by atoms with E-state index in [0.29, 0.717) is 51.4 Å². The molecule has 2 atom stereocenters. The molecule has 4 rings (SSSR count). The number of thioether (sulfide) groups is 1. The Morgan fingerprint density at radius 3 is 2.65 bits per heavy atom. The van der Waals surface area contributed by atoms with Crippen LogP contribution < -0.4 is 15.8 Å². The van der Waals surface area contributed by atoms with Gasteiger partial charge in [-0.3, -0.25) is 9.97 Å². The SMILES string of the molecule is COC1=CN(C)C(C(F)F)C=C1c1cc(-c2cnc(C)cc2OC)ncc1NCSC(N)C#CC1CC1. The summed E-state index contributed by atoms with van der Waals surface area (Å²) in [5.74, 6) is 8.28. The Balaban J connectivity index is 1.71. The number of hydrogen-bond donors (Lipinski definition) is 2. The number of alkyl halides is 2. The third-order valence-electron chi connectivity index (χ3n) is 6.10. The number of nitrogens with two attached hydrogens (primary N) is 1. The number of nitrogens with one attached hydrogen (secondary N) is 1. The van der Waals surface area contributed by atoms with E-state index in [2.05, 4.69) is 27.1 Å². The molecule has 0 bridgehead atoms. The second-order valence-corrected chi connectivity index (χ2v) is 10.0. The summed E-state index contributed by atoms with van der Waals surface area (Å²) in [4.78, 5) is 10.5. The molecule has 2 unspecified atom stereocenters. The first kappa shape index (κ1) is 26.8. The summed E-state index contributed by atoms with van der Waals surface area (Å²) >= 11 is 1.46. The number of pyridine rings is 2. The molecule has 2 aromatic rings. The Morgan fingerprint density at radius 1 is 1.19 bits per heavy atom. The molecule has 37 heavy (non-hydrogen) atoms. The molecule has 2 aliphatic rings. The number of aromatic nitrogens is 2. The summed E-state index contributed by atoms with van der Waals surface area (Å²) in [5, 5.41) is 3.02. The fourth-order valence-electron chi connectivity index (χ4n) is 3.89. The van der Waals surface area contributed by atoms with Crippen molar-refractivity contribution in [1.82, 2.24) is 14.9 Å². The maximum Gasteiger partial charge on any atom is 0.262 e. The van der Waals surface area contributed by atoms with Gasteiger partial charge in [-0.1, -0.05) is 11.8 Å². The minimum absolute atomic E-state index is 0.327. The molecule has 1 fully saturated rings. The monoisotopic (exact) mass is 527 g/mol. The molecule has 0 radical (unpaired) electrons. The average molecular weight is 528 g/mol. The lowest BCUT2D eigenvalue weighted by Crippen LogP contribution is -2.35. The van der Waals surface area contributed by atoms with Crippen LogP contribution in [0.15, 0.2) is 42.6 Å². The van der Waals surface area contributed by atoms with Crippen LogP contribution in [-0.2, 0) is 4.74 Å². The number of aryl methyl sites for hydroxylation is 1. The molecular weight excluding hydrogens is 496 g/mol. The molecule has 0 saturated heterocycles. The topological polar surface area (TPSA) is 85.5 Å². The Kier molecular flexibility index (Phi) is 8.56. The highest BCUT2D eigenvalue weighted by atomic mass is 32.2. The van der Waals surface area contributed by atoms with Gasteiger partial charge < -0.3 is 25.4 Å². The lowest BCUT2D eigenvalue weighted by atomic mass is 9.96. The summed E-state index contributed by atoms with van der Waals surface area (Å²) in [5.41, 5.74) is 10.1. The van der Waals surface area contributed by atoms with Gasteiger partial charge >= 0.3 is 0 Å². The van der Waals surface area contributed by atoms with Gasteiger partial charge in [0.1, 0.15) is 22.9 Å². The van der Waals surface area contributed by atoms with Crippen molar-refractivity contribution in [2.75, 3.05) is 32.5 Å². The van der Waals surface area contributed by atoms with E-state index in [1.807, 2.05) is 19.1 Å². The van der Waals surface area contributed by atoms with Gasteiger partial charge in [-0.2, -0.15) is 0 Å². The first-order chi connectivity index (χ1) is 17.8. The van der Waals surface area contributed by atoms with Gasteiger partial charge in [0.2, 0.25) is 0 Å². The summed E-state index contributed by atoms with van der Waals surface area (Å²) in [6.45, 7) is 1.87. The largest absolute Gasteiger partial charge is 0.496 e. The minimum Gasteiger partial charge on any atom is -0.496 e. The van der Waals surface area contributed by atoms with Crippen LogP contribution in [0.3, 0.4) is 0 Å². The van der Waals surface area contributed by atoms with Crippen molar-refractivity contribution in [2.24, 2.45) is 11.7 Å². The number of halogens is 2. The van der Waals surface area contributed by atoms with Crippen molar-refractivity contribution in [2.45, 2.75) is 37.6 Å². The predicted molar refractivity (Wildman–Crippen MR) is 144 cm³/mol. The molecule has 1 saturated carbocycles. The van der Waals surface area contributed by atoms with Crippen LogP contribution in [-0.4, -0.2) is 59.9 Å². The van der Waals surface area contributed by atoms with Gasteiger partial charge in [0.05, 0.1) is 43.2 Å². The third-order valence-corrected chi connectivity index (χ3v) is 6.89. The summed E-state index contributed by atoms with van der Waals surface area (Å²) in [7, 11) is 4.70. The first-order valence-electron chi connectivity index (χ1n) is 11.9. The zero-order chi connectivity index (χ0) is 26.5. The number of ether oxygens (including phenoxy) is 2. The lowest BCUT2D eigenvalue weighted by molar-refractivity contribution is 0.0780. The standard InChI is InChI=1S/C27H31F2N5O2S/c1-16-9-24(35-3)20(12-31-16)21-10-18(19-11-23(27(28)29)34(2)14-25(19)36-4)22(13-32-21)33-15-37-26(30)8-7-17-5-6-17/h9-14,17,23,26-27,33H,5-6,15,30H2,1-4H3. The highest BCUT2D eigenvalue weighted by molar-refractivity contribution is 8.00. The van der Waals surface area contributed by atoms with Gasteiger partial charge in [-0.15, -0.1) is 11.8 Å². The number of nitrogens with zero attached hydrogens (tertiary/aromatic N) is 3. The lowest BCUT2D eigenvalue weighted by Gasteiger charge is -2.30. The van der Waals surface area contributed by atoms with E-state index in [-0.39, 0.29) is 5.37 Å². The van der Waals surface area contributed by atoms with Gasteiger partial charge in [-0.25, -0.2) is 8.78 Å². The fourth-order valence-corrected chi connectivity index (χ4v) is 4.46. The van der Waals surface area contributed by atoms with E-state index in [4.69, 9.17) is 15.2 Å². The number of anilines is 1. The van der Waals surface area contributed by atoms with Crippen LogP contribution in [0, 0.1) is 24.7 Å². The van der Waals surface area contributed by atoms with Crippen LogP contribution in [0.5, 0.6) is 5.75 Å². The van der Waals surface area contributed by atoms with Crippen molar-refractivity contribution in [3.8, 4) is 28.8 Å². The molecule has 196 valence electrons. The predicted octanol–water partition coefficient (Wildman–Crippen LogP) is 4.71. The maximum absolute atomic E-state index is 13.9. The van der Waals surface area contributed by atoms with Crippen molar-refractivity contribution in [3.05, 3.63) is 53.8 Å². The molecule has 0 amide bonds. The third kappa shape index (κ3) is 6.53. The smallest absolute Gasteiger partial charge is 0.262 e. The second-order valence-electron chi connectivity index (χ2n) is 8.88. The Bertz CT molecular complexity index is 1250. The number of hydrogen-bond acceptors (Lipinski definition) is 8. The van der Waals surface area contributed by atoms with Crippen molar-refractivity contribution in [3.63, 3.8) is 0 Å². The zero-order valence-electron chi connectivity index (χ0n) is 21.3. The van der Waals surface area contributed by atoms with Gasteiger partial charge in [-0.05, 0) is 31.9 Å². The molecule has 3 heterocycles. The number of methoxy groups -OCH3 is 2. The maximum atomic E-state index is 13.9. The summed E-state index contributed by atoms with van der Waals surface area (Å²) in [6, 6.07) is 2.56. The van der Waals surface area contributed by atoms with Gasteiger partial charge in [0, 0.05) is 48.3 Å².